The van der Waals surface area contributed by atoms with Gasteiger partial charge in [0.15, 0.2) is 11.7 Å². The molecule has 1 amide bonds. The number of rotatable bonds is 7. The average molecular weight is 383 g/mol. The van der Waals surface area contributed by atoms with Crippen LogP contribution in [-0.4, -0.2) is 50.6 Å². The Kier molecular flexibility index (Phi) is 6.94. The first-order valence-corrected chi connectivity index (χ1v) is 9.84. The Morgan fingerprint density at radius 2 is 2.07 bits per heavy atom. The van der Waals surface area contributed by atoms with Crippen LogP contribution >= 0.6 is 0 Å². The number of hydrogen-bond acceptors (Lipinski definition) is 4. The number of nitrogens with zero attached hydrogens (tertiary/aromatic N) is 2. The van der Waals surface area contributed by atoms with Gasteiger partial charge in [0, 0.05) is 37.9 Å². The van der Waals surface area contributed by atoms with Gasteiger partial charge in [0.2, 0.25) is 0 Å². The SMILES string of the molecule is CCNC(=NCCNC(=O)c1ccco1)NC1CCN(c2ccc(C)cc2)C1. The quantitative estimate of drug-likeness (QED) is 0.388. The highest BCUT2D eigenvalue weighted by atomic mass is 16.3. The standard InChI is InChI=1S/C21H29N5O2/c1-3-22-21(24-12-11-23-20(27)19-5-4-14-28-19)25-17-10-13-26(15-17)18-8-6-16(2)7-9-18/h4-9,14,17H,3,10-13,15H2,1-2H3,(H,23,27)(H2,22,24,25). The van der Waals surface area contributed by atoms with Gasteiger partial charge in [0.1, 0.15) is 0 Å². The molecule has 2 heterocycles. The summed E-state index contributed by atoms with van der Waals surface area (Å²) in [6.45, 7) is 7.87. The second-order valence-corrected chi connectivity index (χ2v) is 6.91. The van der Waals surface area contributed by atoms with Crippen LogP contribution in [0.5, 0.6) is 0 Å². The van der Waals surface area contributed by atoms with Crippen molar-refractivity contribution in [3.63, 3.8) is 0 Å². The van der Waals surface area contributed by atoms with Crippen LogP contribution in [0.25, 0.3) is 0 Å². The van der Waals surface area contributed by atoms with E-state index in [0.29, 0.717) is 24.9 Å². The highest BCUT2D eigenvalue weighted by Gasteiger charge is 2.23. The molecule has 1 aliphatic heterocycles. The van der Waals surface area contributed by atoms with Crippen molar-refractivity contribution < 1.29 is 9.21 Å². The summed E-state index contributed by atoms with van der Waals surface area (Å²) < 4.78 is 5.08. The molecule has 1 aromatic carbocycles. The van der Waals surface area contributed by atoms with E-state index in [0.717, 1.165) is 32.0 Å². The Balaban J connectivity index is 1.46. The first kappa shape index (κ1) is 19.8. The molecule has 7 nitrogen and oxygen atoms in total. The van der Waals surface area contributed by atoms with Gasteiger partial charge in [-0.2, -0.15) is 0 Å². The summed E-state index contributed by atoms with van der Waals surface area (Å²) in [5, 5.41) is 9.59. The molecule has 2 aromatic rings. The minimum Gasteiger partial charge on any atom is -0.459 e. The molecular weight excluding hydrogens is 354 g/mol. The van der Waals surface area contributed by atoms with Gasteiger partial charge in [0.05, 0.1) is 12.8 Å². The highest BCUT2D eigenvalue weighted by Crippen LogP contribution is 2.20. The van der Waals surface area contributed by atoms with Crippen LogP contribution in [0.15, 0.2) is 52.1 Å². The number of furan rings is 1. The lowest BCUT2D eigenvalue weighted by Crippen LogP contribution is -2.45. The second-order valence-electron chi connectivity index (χ2n) is 6.91. The first-order valence-electron chi connectivity index (χ1n) is 9.84. The van der Waals surface area contributed by atoms with Crippen molar-refractivity contribution in [2.24, 2.45) is 4.99 Å². The molecule has 150 valence electrons. The van der Waals surface area contributed by atoms with Gasteiger partial charge in [0.25, 0.3) is 5.91 Å². The van der Waals surface area contributed by atoms with Crippen LogP contribution in [0.1, 0.15) is 29.5 Å². The number of aryl methyl sites for hydroxylation is 1. The summed E-state index contributed by atoms with van der Waals surface area (Å²) in [6, 6.07) is 12.3. The fourth-order valence-corrected chi connectivity index (χ4v) is 3.21. The molecule has 1 atom stereocenters. The van der Waals surface area contributed by atoms with E-state index in [2.05, 4.69) is 57.0 Å². The molecule has 1 unspecified atom stereocenters. The summed E-state index contributed by atoms with van der Waals surface area (Å²) in [5.74, 6) is 0.879. The maximum absolute atomic E-state index is 11.9. The Morgan fingerprint density at radius 3 is 2.79 bits per heavy atom. The van der Waals surface area contributed by atoms with Gasteiger partial charge >= 0.3 is 0 Å². The molecule has 1 aliphatic rings. The van der Waals surface area contributed by atoms with Crippen molar-refractivity contribution in [1.82, 2.24) is 16.0 Å². The predicted octanol–water partition coefficient (Wildman–Crippen LogP) is 2.15. The summed E-state index contributed by atoms with van der Waals surface area (Å²) in [5.41, 5.74) is 2.54. The smallest absolute Gasteiger partial charge is 0.287 e. The lowest BCUT2D eigenvalue weighted by atomic mass is 10.2. The van der Waals surface area contributed by atoms with Crippen molar-refractivity contribution in [3.05, 3.63) is 54.0 Å². The maximum Gasteiger partial charge on any atom is 0.287 e. The predicted molar refractivity (Wildman–Crippen MR) is 112 cm³/mol. The number of hydrogen-bond donors (Lipinski definition) is 3. The number of carbonyl (C=O) groups excluding carboxylic acids is 1. The number of benzene rings is 1. The molecule has 1 fully saturated rings. The summed E-state index contributed by atoms with van der Waals surface area (Å²) in [7, 11) is 0. The number of aliphatic imine (C=N–C) groups is 1. The molecule has 1 saturated heterocycles. The molecule has 0 radical (unpaired) electrons. The van der Waals surface area contributed by atoms with Crippen LogP contribution in [0, 0.1) is 6.92 Å². The molecule has 0 spiro atoms. The Hall–Kier alpha value is -2.96. The van der Waals surface area contributed by atoms with Gasteiger partial charge in [-0.25, -0.2) is 0 Å². The van der Waals surface area contributed by atoms with Crippen molar-refractivity contribution in [3.8, 4) is 0 Å². The molecule has 3 N–H and O–H groups in total. The van der Waals surface area contributed by atoms with Crippen molar-refractivity contribution in [1.29, 1.82) is 0 Å². The summed E-state index contributed by atoms with van der Waals surface area (Å²) in [4.78, 5) is 18.8. The molecule has 0 bridgehead atoms. The van der Waals surface area contributed by atoms with E-state index in [1.54, 1.807) is 12.1 Å². The molecule has 1 aromatic heterocycles. The lowest BCUT2D eigenvalue weighted by Gasteiger charge is -2.20. The number of amides is 1. The van der Waals surface area contributed by atoms with E-state index in [1.807, 2.05) is 6.92 Å². The molecule has 28 heavy (non-hydrogen) atoms. The zero-order valence-corrected chi connectivity index (χ0v) is 16.6. The highest BCUT2D eigenvalue weighted by molar-refractivity contribution is 5.91. The fraction of sp³-hybridized carbons (Fsp3) is 0.429. The maximum atomic E-state index is 11.9. The Bertz CT molecular complexity index is 771. The van der Waals surface area contributed by atoms with Crippen molar-refractivity contribution >= 4 is 17.6 Å². The number of carbonyl (C=O) groups is 1. The zero-order chi connectivity index (χ0) is 19.8. The third kappa shape index (κ3) is 5.52. The van der Waals surface area contributed by atoms with Crippen LogP contribution in [0.2, 0.25) is 0 Å². The van der Waals surface area contributed by atoms with Gasteiger partial charge in [-0.15, -0.1) is 0 Å². The molecular formula is C21H29N5O2. The largest absolute Gasteiger partial charge is 0.459 e. The Labute approximate surface area is 166 Å². The van der Waals surface area contributed by atoms with Crippen LogP contribution in [0.4, 0.5) is 5.69 Å². The minimum absolute atomic E-state index is 0.220. The number of nitrogens with one attached hydrogen (secondary N) is 3. The second kappa shape index (κ2) is 9.82. The molecule has 0 aliphatic carbocycles. The normalized spacial score (nSPS) is 16.9. The number of guanidine groups is 1. The van der Waals surface area contributed by atoms with Crippen LogP contribution in [-0.2, 0) is 0 Å². The monoisotopic (exact) mass is 383 g/mol. The van der Waals surface area contributed by atoms with Crippen LogP contribution < -0.4 is 20.9 Å². The van der Waals surface area contributed by atoms with Gasteiger partial charge < -0.3 is 25.3 Å². The van der Waals surface area contributed by atoms with E-state index in [-0.39, 0.29) is 5.91 Å². The van der Waals surface area contributed by atoms with E-state index >= 15 is 0 Å². The van der Waals surface area contributed by atoms with Crippen LogP contribution in [0.3, 0.4) is 0 Å². The number of anilines is 1. The third-order valence-electron chi connectivity index (χ3n) is 4.68. The van der Waals surface area contributed by atoms with E-state index in [4.69, 9.17) is 4.42 Å². The van der Waals surface area contributed by atoms with Crippen molar-refractivity contribution in [2.45, 2.75) is 26.3 Å². The molecule has 0 saturated carbocycles. The minimum atomic E-state index is -0.220. The fourth-order valence-electron chi connectivity index (χ4n) is 3.21. The van der Waals surface area contributed by atoms with Crippen molar-refractivity contribution in [2.75, 3.05) is 37.6 Å². The summed E-state index contributed by atoms with van der Waals surface area (Å²) >= 11 is 0. The van der Waals surface area contributed by atoms with Gasteiger partial charge in [-0.05, 0) is 44.5 Å². The van der Waals surface area contributed by atoms with E-state index in [9.17, 15) is 4.79 Å². The zero-order valence-electron chi connectivity index (χ0n) is 16.6. The van der Waals surface area contributed by atoms with Gasteiger partial charge in [-0.1, -0.05) is 17.7 Å². The first-order chi connectivity index (χ1) is 13.7. The topological polar surface area (TPSA) is 81.9 Å². The third-order valence-corrected chi connectivity index (χ3v) is 4.68. The lowest BCUT2D eigenvalue weighted by molar-refractivity contribution is 0.0927. The van der Waals surface area contributed by atoms with Gasteiger partial charge in [-0.3, -0.25) is 9.79 Å². The van der Waals surface area contributed by atoms with E-state index < -0.39 is 0 Å². The van der Waals surface area contributed by atoms with E-state index in [1.165, 1.54) is 17.5 Å². The Morgan fingerprint density at radius 1 is 1.25 bits per heavy atom. The molecule has 3 rings (SSSR count). The molecule has 7 heteroatoms. The average Bonchev–Trinajstić information content (AvgIpc) is 3.38. The summed E-state index contributed by atoms with van der Waals surface area (Å²) in [6.07, 6.45) is 2.55.